The highest BCUT2D eigenvalue weighted by molar-refractivity contribution is 7.88. The maximum Gasteiger partial charge on any atom is 0.508 e. The fourth-order valence-corrected chi connectivity index (χ4v) is 5.29. The number of aliphatic hydroxyl groups excluding tert-OH is 2. The average Bonchev–Trinajstić information content (AvgIpc) is 3.38. The summed E-state index contributed by atoms with van der Waals surface area (Å²) in [6.45, 7) is 2.19. The number of carbonyl (C=O) groups excluding carboxylic acids is 4. The molecule has 5 aromatic carbocycles. The Kier molecular flexibility index (Phi) is 27.3. The molecule has 5 N–H and O–H groups in total. The predicted octanol–water partition coefficient (Wildman–Crippen LogP) is 10.3. The maximum absolute atomic E-state index is 13.7. The van der Waals surface area contributed by atoms with Gasteiger partial charge in [-0.3, -0.25) is 9.59 Å². The first-order valence-electron chi connectivity index (χ1n) is 20.6. The second-order valence-corrected chi connectivity index (χ2v) is 15.4. The number of alkyl halides is 3. The molecule has 0 aliphatic carbocycles. The Morgan fingerprint density at radius 1 is 0.611 bits per heavy atom. The summed E-state index contributed by atoms with van der Waals surface area (Å²) in [6, 6.07) is 30.4. The van der Waals surface area contributed by atoms with Gasteiger partial charge in [0.2, 0.25) is 40.7 Å². The molecule has 392 valence electrons. The lowest BCUT2D eigenvalue weighted by atomic mass is 9.91. The SMILES string of the molecule is C.CC(CO)(COC(=O)OCc1ccccc1)C(=O)Oc1c(F)c(F)c(F)c(F)c1F.Cc1cccc(CNC(=O)C(C)(CO)COC(=O)OCc2ccccc2)c1.NCc1cccc(C(F)(F)F)c1.[P-]=S. The van der Waals surface area contributed by atoms with E-state index < -0.39 is 101 Å². The number of hydrogen-bond acceptors (Lipinski definition) is 13. The number of halogens is 8. The zero-order valence-corrected chi connectivity index (χ0v) is 39.8. The van der Waals surface area contributed by atoms with E-state index in [0.717, 1.165) is 35.7 Å². The van der Waals surface area contributed by atoms with Gasteiger partial charge in [-0.1, -0.05) is 116 Å². The molecule has 72 heavy (non-hydrogen) atoms. The van der Waals surface area contributed by atoms with Crippen molar-refractivity contribution in [1.29, 1.82) is 0 Å². The largest absolute Gasteiger partial charge is 0.645 e. The van der Waals surface area contributed by atoms with Crippen molar-refractivity contribution in [1.82, 2.24) is 5.32 Å². The molecule has 0 saturated heterocycles. The van der Waals surface area contributed by atoms with Crippen molar-refractivity contribution in [2.24, 2.45) is 16.6 Å². The van der Waals surface area contributed by atoms with Crippen LogP contribution < -0.4 is 15.8 Å². The van der Waals surface area contributed by atoms with E-state index in [2.05, 4.69) is 34.6 Å². The van der Waals surface area contributed by atoms with E-state index in [-0.39, 0.29) is 33.8 Å². The van der Waals surface area contributed by atoms with Crippen LogP contribution >= 0.6 is 8.02 Å². The van der Waals surface area contributed by atoms with Crippen molar-refractivity contribution in [3.05, 3.63) is 172 Å². The fraction of sp³-hybridized carbons (Fsp3) is 0.306. The lowest BCUT2D eigenvalue weighted by Crippen LogP contribution is -2.44. The number of rotatable bonds is 16. The van der Waals surface area contributed by atoms with Gasteiger partial charge in [0.05, 0.1) is 18.8 Å². The number of esters is 1. The Hall–Kier alpha value is -6.58. The van der Waals surface area contributed by atoms with Crippen LogP contribution in [-0.2, 0) is 72.8 Å². The van der Waals surface area contributed by atoms with E-state index in [1.165, 1.54) is 13.0 Å². The van der Waals surface area contributed by atoms with Crippen molar-refractivity contribution < 1.29 is 88.2 Å². The third kappa shape index (κ3) is 20.3. The van der Waals surface area contributed by atoms with E-state index >= 15 is 0 Å². The summed E-state index contributed by atoms with van der Waals surface area (Å²) in [5.41, 5.74) is 5.19. The van der Waals surface area contributed by atoms with Crippen LogP contribution in [-0.4, -0.2) is 60.8 Å². The molecule has 5 rings (SSSR count). The van der Waals surface area contributed by atoms with Gasteiger partial charge >= 0.3 is 24.5 Å². The summed E-state index contributed by atoms with van der Waals surface area (Å²) in [5.74, 6) is -15.7. The van der Waals surface area contributed by atoms with Gasteiger partial charge in [0.1, 0.15) is 37.3 Å². The van der Waals surface area contributed by atoms with Crippen molar-refractivity contribution >= 4 is 44.0 Å². The highest BCUT2D eigenvalue weighted by Crippen LogP contribution is 2.32. The number of benzene rings is 5. The minimum Gasteiger partial charge on any atom is -0.645 e. The molecule has 0 radical (unpaired) electrons. The van der Waals surface area contributed by atoms with Gasteiger partial charge in [0, 0.05) is 13.1 Å². The summed E-state index contributed by atoms with van der Waals surface area (Å²) < 4.78 is 127. The molecule has 13 nitrogen and oxygen atoms in total. The Morgan fingerprint density at radius 2 is 1.04 bits per heavy atom. The topological polar surface area (TPSA) is 193 Å². The van der Waals surface area contributed by atoms with Gasteiger partial charge in [0.25, 0.3) is 0 Å². The molecule has 1 amide bonds. The molecule has 2 unspecified atom stereocenters. The van der Waals surface area contributed by atoms with Crippen molar-refractivity contribution in [3.63, 3.8) is 0 Å². The van der Waals surface area contributed by atoms with Gasteiger partial charge in [-0.05, 0) is 49.1 Å². The molecule has 0 bridgehead atoms. The Morgan fingerprint density at radius 3 is 1.49 bits per heavy atom. The zero-order valence-electron chi connectivity index (χ0n) is 38.1. The van der Waals surface area contributed by atoms with Crippen LogP contribution in [0.5, 0.6) is 5.75 Å². The van der Waals surface area contributed by atoms with Gasteiger partial charge in [-0.25, -0.2) is 22.8 Å². The van der Waals surface area contributed by atoms with Gasteiger partial charge in [-0.15, -0.1) is 0 Å². The second-order valence-electron chi connectivity index (χ2n) is 15.4. The smallest absolute Gasteiger partial charge is 0.508 e. The molecule has 0 fully saturated rings. The number of aliphatic hydroxyl groups is 2. The first-order valence-corrected chi connectivity index (χ1v) is 22.0. The number of amides is 1. The van der Waals surface area contributed by atoms with Crippen molar-refractivity contribution in [2.45, 2.75) is 60.7 Å². The Balaban J connectivity index is 0.000000567. The number of hydrogen-bond donors (Lipinski definition) is 4. The molecule has 0 spiro atoms. The number of nitrogens with one attached hydrogen (secondary N) is 1. The maximum atomic E-state index is 13.7. The quantitative estimate of drug-likeness (QED) is 0.0182. The molecule has 0 heterocycles. The highest BCUT2D eigenvalue weighted by Gasteiger charge is 2.40. The lowest BCUT2D eigenvalue weighted by Gasteiger charge is -2.25. The van der Waals surface area contributed by atoms with E-state index in [4.69, 9.17) is 19.9 Å². The van der Waals surface area contributed by atoms with E-state index in [1.807, 2.05) is 61.5 Å². The lowest BCUT2D eigenvalue weighted by molar-refractivity contribution is -0.151. The summed E-state index contributed by atoms with van der Waals surface area (Å²) >= 11 is 3.78. The number of aryl methyl sites for hydroxylation is 1. The standard InChI is InChI=1S/C21H25NO5.C19H15F5O6.C8H8F3N.CH4.PS/c1-16-7-6-10-18(11-16)12-22-19(24)21(2,14-23)15-27-20(25)26-13-17-8-4-3-5-9-17;1-19(8-25,9-29-18(27)28-7-10-5-3-2-4-6-10)17(26)30-16-14(23)12(21)11(20)13(22)15(16)24;9-8(10,11)7-3-1-2-6(4-7)5-12;;1-2/h3-11,23H,12-15H2,1-2H3,(H,22,24);2-6,25H,7-9H2,1H3;1-4H,5,12H2;1H4;/q;;;;-1. The summed E-state index contributed by atoms with van der Waals surface area (Å²) in [7, 11) is 3.11. The van der Waals surface area contributed by atoms with Crippen LogP contribution in [0.1, 0.15) is 54.7 Å². The summed E-state index contributed by atoms with van der Waals surface area (Å²) in [6.07, 6.45) is -6.39. The molecule has 2 atom stereocenters. The van der Waals surface area contributed by atoms with Crippen LogP contribution in [0.4, 0.5) is 44.7 Å². The third-order valence-electron chi connectivity index (χ3n) is 9.54. The van der Waals surface area contributed by atoms with E-state index in [1.54, 1.807) is 36.4 Å². The normalized spacial score (nSPS) is 12.1. The fourth-order valence-electron chi connectivity index (χ4n) is 5.29. The van der Waals surface area contributed by atoms with Crippen LogP contribution in [0.3, 0.4) is 0 Å². The second kappa shape index (κ2) is 31.0. The third-order valence-corrected chi connectivity index (χ3v) is 9.54. The Bertz CT molecular complexity index is 2490. The number of nitrogens with two attached hydrogens (primary N) is 1. The summed E-state index contributed by atoms with van der Waals surface area (Å²) in [4.78, 5) is 48.0. The van der Waals surface area contributed by atoms with Crippen molar-refractivity contribution in [3.8, 4) is 5.75 Å². The molecular weight excluding hydrogens is 1010 g/mol. The van der Waals surface area contributed by atoms with Gasteiger partial charge in [-0.2, -0.15) is 22.0 Å². The first-order chi connectivity index (χ1) is 33.6. The van der Waals surface area contributed by atoms with Crippen molar-refractivity contribution in [2.75, 3.05) is 26.4 Å². The molecule has 0 saturated carbocycles. The van der Waals surface area contributed by atoms with Crippen LogP contribution in [0.2, 0.25) is 0 Å². The van der Waals surface area contributed by atoms with Crippen LogP contribution in [0.15, 0.2) is 109 Å². The molecule has 5 aromatic rings. The minimum atomic E-state index is -4.27. The van der Waals surface area contributed by atoms with E-state index in [9.17, 15) is 64.5 Å². The average molecular weight is 1060 g/mol. The molecule has 0 aromatic heterocycles. The number of ether oxygens (including phenoxy) is 5. The van der Waals surface area contributed by atoms with Gasteiger partial charge in [0.15, 0.2) is 0 Å². The highest BCUT2D eigenvalue weighted by atomic mass is 32.4. The molecular formula is C49H52F8N2O11PS-. The predicted molar refractivity (Wildman–Crippen MR) is 251 cm³/mol. The number of carbonyl (C=O) groups is 4. The minimum absolute atomic E-state index is 0. The summed E-state index contributed by atoms with van der Waals surface area (Å²) in [5, 5.41) is 21.8. The molecule has 23 heteroatoms. The molecule has 0 aliphatic rings. The Labute approximate surface area is 417 Å². The van der Waals surface area contributed by atoms with Crippen LogP contribution in [0.25, 0.3) is 0 Å². The first kappa shape index (κ1) is 63.4. The van der Waals surface area contributed by atoms with Crippen LogP contribution in [0, 0.1) is 46.8 Å². The monoisotopic (exact) mass is 1060 g/mol. The van der Waals surface area contributed by atoms with Gasteiger partial charge < -0.3 is 64.8 Å². The zero-order chi connectivity index (χ0) is 53.4. The molecule has 0 aliphatic heterocycles. The van der Waals surface area contributed by atoms with E-state index in [0.29, 0.717) is 17.7 Å².